The van der Waals surface area contributed by atoms with Crippen LogP contribution < -0.4 is 5.32 Å². The minimum absolute atomic E-state index is 0.0594. The molecule has 6 heteroatoms. The summed E-state index contributed by atoms with van der Waals surface area (Å²) in [7, 11) is 0. The Kier molecular flexibility index (Phi) is 6.81. The quantitative estimate of drug-likeness (QED) is 0.853. The molecule has 134 valence electrons. The molecule has 23 heavy (non-hydrogen) atoms. The molecule has 1 aliphatic heterocycles. The van der Waals surface area contributed by atoms with Gasteiger partial charge in [0.2, 0.25) is 5.91 Å². The molecule has 0 aliphatic carbocycles. The van der Waals surface area contributed by atoms with Crippen molar-refractivity contribution in [2.75, 3.05) is 18.8 Å². The lowest BCUT2D eigenvalue weighted by molar-refractivity contribution is -0.130. The third kappa shape index (κ3) is 7.95. The van der Waals surface area contributed by atoms with E-state index in [1.807, 2.05) is 25.7 Å². The third-order valence-corrected chi connectivity index (χ3v) is 4.85. The summed E-state index contributed by atoms with van der Waals surface area (Å²) in [6.45, 7) is 15.3. The highest BCUT2D eigenvalue weighted by Gasteiger charge is 2.31. The Labute approximate surface area is 144 Å². The van der Waals surface area contributed by atoms with Crippen LogP contribution in [0.15, 0.2) is 0 Å². The first kappa shape index (κ1) is 20.1. The molecule has 0 bridgehead atoms. The van der Waals surface area contributed by atoms with E-state index in [2.05, 4.69) is 33.0 Å². The molecule has 2 amide bonds. The standard InChI is InChI=1S/C17H32N2O3S/c1-12-10-19(14(20)11-23-17(5,6)7)9-8-13(12)18-15(21)22-16(2,3)4/h12-13H,8-11H2,1-7H3,(H,18,21)/t12-,13+/m0/s1. The highest BCUT2D eigenvalue weighted by atomic mass is 32.2. The molecule has 0 saturated carbocycles. The lowest BCUT2D eigenvalue weighted by Gasteiger charge is -2.37. The van der Waals surface area contributed by atoms with Gasteiger partial charge in [0, 0.05) is 23.9 Å². The summed E-state index contributed by atoms with van der Waals surface area (Å²) in [5.41, 5.74) is -0.492. The van der Waals surface area contributed by atoms with Gasteiger partial charge in [-0.2, -0.15) is 0 Å². The van der Waals surface area contributed by atoms with E-state index >= 15 is 0 Å². The Morgan fingerprint density at radius 1 is 1.22 bits per heavy atom. The fraction of sp³-hybridized carbons (Fsp3) is 0.882. The number of nitrogens with zero attached hydrogens (tertiary/aromatic N) is 1. The number of hydrogen-bond donors (Lipinski definition) is 1. The average Bonchev–Trinajstić information content (AvgIpc) is 2.35. The molecular formula is C17H32N2O3S. The fourth-order valence-electron chi connectivity index (χ4n) is 2.42. The summed E-state index contributed by atoms with van der Waals surface area (Å²) < 4.78 is 5.40. The highest BCUT2D eigenvalue weighted by Crippen LogP contribution is 2.25. The molecule has 0 aromatic heterocycles. The summed E-state index contributed by atoms with van der Waals surface area (Å²) in [5.74, 6) is 0.924. The van der Waals surface area contributed by atoms with Gasteiger partial charge in [0.25, 0.3) is 0 Å². The van der Waals surface area contributed by atoms with Crippen LogP contribution in [-0.4, -0.2) is 52.1 Å². The van der Waals surface area contributed by atoms with Crippen molar-refractivity contribution in [2.45, 2.75) is 71.3 Å². The second-order valence-corrected chi connectivity index (χ2v) is 10.1. The zero-order valence-corrected chi connectivity index (χ0v) is 16.4. The van der Waals surface area contributed by atoms with Crippen LogP contribution in [0.1, 0.15) is 54.9 Å². The Morgan fingerprint density at radius 2 is 1.83 bits per heavy atom. The highest BCUT2D eigenvalue weighted by molar-refractivity contribution is 8.01. The Balaban J connectivity index is 2.44. The first-order chi connectivity index (χ1) is 10.4. The molecule has 0 radical (unpaired) electrons. The van der Waals surface area contributed by atoms with Gasteiger partial charge in [0.1, 0.15) is 5.60 Å². The second-order valence-electron chi connectivity index (χ2n) is 8.26. The molecule has 5 nitrogen and oxygen atoms in total. The predicted molar refractivity (Wildman–Crippen MR) is 95.7 cm³/mol. The minimum atomic E-state index is -0.492. The van der Waals surface area contributed by atoms with Gasteiger partial charge in [0.15, 0.2) is 0 Å². The number of ether oxygens (including phenoxy) is 1. The van der Waals surface area contributed by atoms with E-state index < -0.39 is 5.60 Å². The number of carbonyl (C=O) groups is 2. The number of piperidine rings is 1. The monoisotopic (exact) mass is 344 g/mol. The molecule has 1 fully saturated rings. The Hall–Kier alpha value is -0.910. The molecule has 0 aromatic rings. The number of carbonyl (C=O) groups excluding carboxylic acids is 2. The van der Waals surface area contributed by atoms with E-state index in [4.69, 9.17) is 4.74 Å². The average molecular weight is 345 g/mol. The van der Waals surface area contributed by atoms with E-state index in [0.717, 1.165) is 6.42 Å². The predicted octanol–water partition coefficient (Wildman–Crippen LogP) is 3.28. The number of nitrogens with one attached hydrogen (secondary N) is 1. The number of hydrogen-bond acceptors (Lipinski definition) is 4. The van der Waals surface area contributed by atoms with Gasteiger partial charge in [-0.05, 0) is 33.1 Å². The molecule has 0 unspecified atom stereocenters. The first-order valence-electron chi connectivity index (χ1n) is 8.28. The lowest BCUT2D eigenvalue weighted by atomic mass is 9.94. The molecule has 1 saturated heterocycles. The van der Waals surface area contributed by atoms with Crippen LogP contribution in [0.4, 0.5) is 4.79 Å². The van der Waals surface area contributed by atoms with Crippen molar-refractivity contribution in [1.29, 1.82) is 0 Å². The van der Waals surface area contributed by atoms with Crippen molar-refractivity contribution in [3.05, 3.63) is 0 Å². The summed E-state index contributed by atoms with van der Waals surface area (Å²) in [6, 6.07) is 0.0594. The molecule has 0 spiro atoms. The van der Waals surface area contributed by atoms with Crippen molar-refractivity contribution >= 4 is 23.8 Å². The van der Waals surface area contributed by atoms with Crippen LogP contribution in [0.25, 0.3) is 0 Å². The van der Waals surface area contributed by atoms with Gasteiger partial charge in [-0.1, -0.05) is 27.7 Å². The van der Waals surface area contributed by atoms with Crippen molar-refractivity contribution in [2.24, 2.45) is 5.92 Å². The zero-order chi connectivity index (χ0) is 17.8. The van der Waals surface area contributed by atoms with E-state index in [1.54, 1.807) is 11.8 Å². The van der Waals surface area contributed by atoms with E-state index in [1.165, 1.54) is 0 Å². The number of alkyl carbamates (subject to hydrolysis) is 1. The van der Waals surface area contributed by atoms with Gasteiger partial charge in [-0.25, -0.2) is 4.79 Å². The maximum absolute atomic E-state index is 12.3. The minimum Gasteiger partial charge on any atom is -0.444 e. The lowest BCUT2D eigenvalue weighted by Crippen LogP contribution is -2.52. The van der Waals surface area contributed by atoms with Gasteiger partial charge in [-0.3, -0.25) is 4.79 Å². The van der Waals surface area contributed by atoms with Crippen molar-refractivity contribution < 1.29 is 14.3 Å². The molecule has 1 heterocycles. The van der Waals surface area contributed by atoms with E-state index in [0.29, 0.717) is 18.8 Å². The SMILES string of the molecule is C[C@H]1CN(C(=O)CSC(C)(C)C)CC[C@H]1NC(=O)OC(C)(C)C. The van der Waals surface area contributed by atoms with Gasteiger partial charge >= 0.3 is 6.09 Å². The first-order valence-corrected chi connectivity index (χ1v) is 9.27. The molecular weight excluding hydrogens is 312 g/mol. The van der Waals surface area contributed by atoms with Crippen molar-refractivity contribution in [3.63, 3.8) is 0 Å². The van der Waals surface area contributed by atoms with Crippen LogP contribution in [0.2, 0.25) is 0 Å². The third-order valence-electron chi connectivity index (χ3n) is 3.59. The number of likely N-dealkylation sites (tertiary alicyclic amines) is 1. The van der Waals surface area contributed by atoms with Crippen LogP contribution >= 0.6 is 11.8 Å². The topological polar surface area (TPSA) is 58.6 Å². The second kappa shape index (κ2) is 7.77. The molecule has 2 atom stereocenters. The molecule has 1 rings (SSSR count). The van der Waals surface area contributed by atoms with E-state index in [-0.39, 0.29) is 28.7 Å². The van der Waals surface area contributed by atoms with Crippen LogP contribution in [-0.2, 0) is 9.53 Å². The number of rotatable bonds is 3. The Morgan fingerprint density at radius 3 is 2.30 bits per heavy atom. The number of thioether (sulfide) groups is 1. The summed E-state index contributed by atoms with van der Waals surface area (Å²) >= 11 is 1.67. The molecule has 0 aromatic carbocycles. The van der Waals surface area contributed by atoms with Crippen molar-refractivity contribution in [1.82, 2.24) is 10.2 Å². The summed E-state index contributed by atoms with van der Waals surface area (Å²) in [4.78, 5) is 26.1. The zero-order valence-electron chi connectivity index (χ0n) is 15.6. The van der Waals surface area contributed by atoms with Gasteiger partial charge in [0.05, 0.1) is 5.75 Å². The summed E-state index contributed by atoms with van der Waals surface area (Å²) in [6.07, 6.45) is 0.393. The van der Waals surface area contributed by atoms with E-state index in [9.17, 15) is 9.59 Å². The van der Waals surface area contributed by atoms with Crippen LogP contribution in [0.5, 0.6) is 0 Å². The van der Waals surface area contributed by atoms with Gasteiger partial charge < -0.3 is 15.0 Å². The fourth-order valence-corrected chi connectivity index (χ4v) is 3.15. The maximum Gasteiger partial charge on any atom is 0.407 e. The van der Waals surface area contributed by atoms with Crippen LogP contribution in [0, 0.1) is 5.92 Å². The summed E-state index contributed by atoms with van der Waals surface area (Å²) in [5, 5.41) is 2.94. The van der Waals surface area contributed by atoms with Crippen molar-refractivity contribution in [3.8, 4) is 0 Å². The Bertz CT molecular complexity index is 427. The smallest absolute Gasteiger partial charge is 0.407 e. The van der Waals surface area contributed by atoms with Crippen LogP contribution in [0.3, 0.4) is 0 Å². The molecule has 1 aliphatic rings. The maximum atomic E-state index is 12.3. The number of amides is 2. The normalized spacial score (nSPS) is 22.7. The largest absolute Gasteiger partial charge is 0.444 e. The molecule has 1 N–H and O–H groups in total. The van der Waals surface area contributed by atoms with Gasteiger partial charge in [-0.15, -0.1) is 11.8 Å².